The number of nitro groups is 1. The molecule has 1 aromatic heterocycles. The first-order valence-electron chi connectivity index (χ1n) is 8.13. The van der Waals surface area contributed by atoms with Crippen LogP contribution in [-0.4, -0.2) is 40.2 Å². The van der Waals surface area contributed by atoms with Gasteiger partial charge in [0.05, 0.1) is 9.95 Å². The minimum Gasteiger partial charge on any atom is -0.444 e. The summed E-state index contributed by atoms with van der Waals surface area (Å²) in [4.78, 5) is 28.7. The van der Waals surface area contributed by atoms with E-state index in [1.807, 2.05) is 32.6 Å². The first kappa shape index (κ1) is 19.2. The molecule has 0 radical (unpaired) electrons. The van der Waals surface area contributed by atoms with Gasteiger partial charge in [-0.25, -0.2) is 9.78 Å². The van der Waals surface area contributed by atoms with Gasteiger partial charge in [0.15, 0.2) is 0 Å². The van der Waals surface area contributed by atoms with Crippen molar-refractivity contribution in [3.05, 3.63) is 27.4 Å². The molecule has 2 unspecified atom stereocenters. The average Bonchev–Trinajstić information content (AvgIpc) is 2.45. The second-order valence-corrected chi connectivity index (χ2v) is 7.60. The number of carbonyl (C=O) groups excluding carboxylic acids is 1. The molecule has 0 saturated carbocycles. The molecule has 1 aliphatic rings. The number of carbonyl (C=O) groups is 1. The van der Waals surface area contributed by atoms with Crippen molar-refractivity contribution in [2.75, 3.05) is 11.4 Å². The third-order valence-electron chi connectivity index (χ3n) is 3.88. The van der Waals surface area contributed by atoms with Gasteiger partial charge in [0.2, 0.25) is 5.82 Å². The number of halogens is 1. The van der Waals surface area contributed by atoms with Crippen LogP contribution in [0.4, 0.5) is 16.3 Å². The Morgan fingerprint density at radius 1 is 1.52 bits per heavy atom. The lowest BCUT2D eigenvalue weighted by Crippen LogP contribution is -2.50. The number of alkyl carbamates (subject to hydrolysis) is 1. The van der Waals surface area contributed by atoms with Crippen molar-refractivity contribution in [3.63, 3.8) is 0 Å². The molecule has 2 heterocycles. The van der Waals surface area contributed by atoms with Gasteiger partial charge >= 0.3 is 11.8 Å². The molecule has 9 heteroatoms. The highest BCUT2D eigenvalue weighted by Gasteiger charge is 2.32. The smallest absolute Gasteiger partial charge is 0.407 e. The predicted molar refractivity (Wildman–Crippen MR) is 95.1 cm³/mol. The lowest BCUT2D eigenvalue weighted by Gasteiger charge is -2.38. The second kappa shape index (κ2) is 7.43. The number of pyridine rings is 1. The summed E-state index contributed by atoms with van der Waals surface area (Å²) in [6.07, 6.45) is 2.24. The molecular weight excluding hydrogens is 348 g/mol. The third kappa shape index (κ3) is 5.19. The number of aromatic nitrogens is 1. The lowest BCUT2D eigenvalue weighted by molar-refractivity contribution is -0.384. The highest BCUT2D eigenvalue weighted by Crippen LogP contribution is 2.32. The van der Waals surface area contributed by atoms with Crippen LogP contribution >= 0.6 is 11.6 Å². The Morgan fingerprint density at radius 2 is 2.20 bits per heavy atom. The summed E-state index contributed by atoms with van der Waals surface area (Å²) >= 11 is 5.82. The number of hydrogen-bond donors (Lipinski definition) is 1. The maximum absolute atomic E-state index is 11.9. The summed E-state index contributed by atoms with van der Waals surface area (Å²) in [5, 5.41) is 14.4. The molecule has 8 nitrogen and oxygen atoms in total. The van der Waals surface area contributed by atoms with E-state index in [0.717, 1.165) is 0 Å². The fourth-order valence-electron chi connectivity index (χ4n) is 2.87. The number of rotatable bonds is 3. The van der Waals surface area contributed by atoms with Gasteiger partial charge in [-0.05, 0) is 40.5 Å². The molecule has 25 heavy (non-hydrogen) atoms. The van der Waals surface area contributed by atoms with Crippen molar-refractivity contribution in [2.24, 2.45) is 0 Å². The Labute approximate surface area is 151 Å². The monoisotopic (exact) mass is 370 g/mol. The van der Waals surface area contributed by atoms with Crippen LogP contribution in [0.2, 0.25) is 5.02 Å². The number of piperidine rings is 1. The molecule has 0 aliphatic carbocycles. The first-order chi connectivity index (χ1) is 11.6. The van der Waals surface area contributed by atoms with E-state index < -0.39 is 16.6 Å². The van der Waals surface area contributed by atoms with Gasteiger partial charge in [-0.15, -0.1) is 0 Å². The van der Waals surface area contributed by atoms with Crippen molar-refractivity contribution in [1.82, 2.24) is 10.3 Å². The fourth-order valence-corrected chi connectivity index (χ4v) is 3.02. The van der Waals surface area contributed by atoms with E-state index in [9.17, 15) is 14.9 Å². The summed E-state index contributed by atoms with van der Waals surface area (Å²) in [5.41, 5.74) is -0.664. The Bertz CT molecular complexity index is 662. The van der Waals surface area contributed by atoms with E-state index in [2.05, 4.69) is 10.3 Å². The van der Waals surface area contributed by atoms with Crippen molar-refractivity contribution >= 4 is 29.2 Å². The van der Waals surface area contributed by atoms with Crippen molar-refractivity contribution < 1.29 is 14.5 Å². The number of ether oxygens (including phenoxy) is 1. The number of amides is 1. The van der Waals surface area contributed by atoms with Gasteiger partial charge in [0, 0.05) is 30.9 Å². The first-order valence-corrected chi connectivity index (χ1v) is 8.50. The summed E-state index contributed by atoms with van der Waals surface area (Å²) in [7, 11) is 0. The van der Waals surface area contributed by atoms with Crippen LogP contribution in [0, 0.1) is 10.1 Å². The third-order valence-corrected chi connectivity index (χ3v) is 4.09. The van der Waals surface area contributed by atoms with Crippen LogP contribution in [-0.2, 0) is 4.74 Å². The molecule has 1 saturated heterocycles. The van der Waals surface area contributed by atoms with Crippen molar-refractivity contribution in [2.45, 2.75) is 58.2 Å². The van der Waals surface area contributed by atoms with E-state index in [4.69, 9.17) is 16.3 Å². The Kier molecular flexibility index (Phi) is 5.72. The molecule has 1 aliphatic heterocycles. The molecule has 1 N–H and O–H groups in total. The average molecular weight is 371 g/mol. The molecule has 0 spiro atoms. The zero-order valence-electron chi connectivity index (χ0n) is 14.8. The lowest BCUT2D eigenvalue weighted by atomic mass is 9.98. The summed E-state index contributed by atoms with van der Waals surface area (Å²) < 4.78 is 5.27. The van der Waals surface area contributed by atoms with E-state index >= 15 is 0 Å². The molecule has 0 bridgehead atoms. The van der Waals surface area contributed by atoms with Crippen LogP contribution in [0.3, 0.4) is 0 Å². The van der Waals surface area contributed by atoms with Crippen LogP contribution in [0.1, 0.15) is 40.5 Å². The van der Waals surface area contributed by atoms with E-state index in [-0.39, 0.29) is 22.8 Å². The molecule has 0 aromatic carbocycles. The largest absolute Gasteiger partial charge is 0.444 e. The molecule has 138 valence electrons. The second-order valence-electron chi connectivity index (χ2n) is 7.16. The van der Waals surface area contributed by atoms with E-state index in [0.29, 0.717) is 25.2 Å². The maximum Gasteiger partial charge on any atom is 0.407 e. The van der Waals surface area contributed by atoms with Crippen molar-refractivity contribution in [1.29, 1.82) is 0 Å². The summed E-state index contributed by atoms with van der Waals surface area (Å²) in [6, 6.07) is 1.23. The molecule has 1 aromatic rings. The topological polar surface area (TPSA) is 97.6 Å². The maximum atomic E-state index is 11.9. The van der Waals surface area contributed by atoms with Gasteiger partial charge in [0.1, 0.15) is 5.60 Å². The quantitative estimate of drug-likeness (QED) is 0.645. The Hall–Kier alpha value is -2.09. The van der Waals surface area contributed by atoms with Gasteiger partial charge in [-0.2, -0.15) is 0 Å². The highest BCUT2D eigenvalue weighted by molar-refractivity contribution is 6.30. The zero-order valence-corrected chi connectivity index (χ0v) is 15.5. The van der Waals surface area contributed by atoms with Gasteiger partial charge in [0.25, 0.3) is 0 Å². The summed E-state index contributed by atoms with van der Waals surface area (Å²) in [6.45, 7) is 7.91. The molecule has 2 rings (SSSR count). The number of nitrogens with one attached hydrogen (secondary N) is 1. The Balaban J connectivity index is 2.05. The number of hydrogen-bond acceptors (Lipinski definition) is 6. The zero-order chi connectivity index (χ0) is 18.8. The SMILES string of the molecule is CC1CC(NC(=O)OC(C)(C)C)CCN1c1ncc(Cl)cc1[N+](=O)[O-]. The van der Waals surface area contributed by atoms with Crippen LogP contribution < -0.4 is 10.2 Å². The normalized spacial score (nSPS) is 20.9. The van der Waals surface area contributed by atoms with E-state index in [1.54, 1.807) is 0 Å². The van der Waals surface area contributed by atoms with Gasteiger partial charge in [-0.3, -0.25) is 10.1 Å². The Morgan fingerprint density at radius 3 is 2.76 bits per heavy atom. The highest BCUT2D eigenvalue weighted by atomic mass is 35.5. The minimum absolute atomic E-state index is 0.0268. The van der Waals surface area contributed by atoms with Crippen LogP contribution in [0.5, 0.6) is 0 Å². The standard InChI is InChI=1S/C16H23ClN4O4/c1-10-7-12(19-15(22)25-16(2,3)4)5-6-20(10)14-13(21(23)24)8-11(17)9-18-14/h8-10,12H,5-7H2,1-4H3,(H,19,22). The fraction of sp³-hybridized carbons (Fsp3) is 0.625. The predicted octanol–water partition coefficient (Wildman–Crippen LogP) is 3.53. The minimum atomic E-state index is -0.551. The summed E-state index contributed by atoms with van der Waals surface area (Å²) in [5.74, 6) is 0.303. The van der Waals surface area contributed by atoms with Crippen molar-refractivity contribution in [3.8, 4) is 0 Å². The van der Waals surface area contributed by atoms with Gasteiger partial charge in [-0.1, -0.05) is 11.6 Å². The van der Waals surface area contributed by atoms with E-state index in [1.165, 1.54) is 12.3 Å². The number of nitrogens with zero attached hydrogens (tertiary/aromatic N) is 3. The van der Waals surface area contributed by atoms with Crippen LogP contribution in [0.25, 0.3) is 0 Å². The number of anilines is 1. The molecule has 1 amide bonds. The molecular formula is C16H23ClN4O4. The van der Waals surface area contributed by atoms with Gasteiger partial charge < -0.3 is 15.0 Å². The molecule has 1 fully saturated rings. The van der Waals surface area contributed by atoms with Crippen LogP contribution in [0.15, 0.2) is 12.3 Å². The molecule has 2 atom stereocenters.